The second kappa shape index (κ2) is 3.59. The summed E-state index contributed by atoms with van der Waals surface area (Å²) < 4.78 is 2.72. The molecule has 68 valence electrons. The van der Waals surface area contributed by atoms with Crippen molar-refractivity contribution in [2.45, 2.75) is 13.5 Å². The molecule has 0 radical (unpaired) electrons. The van der Waals surface area contributed by atoms with E-state index < -0.39 is 0 Å². The van der Waals surface area contributed by atoms with Crippen molar-refractivity contribution in [3.05, 3.63) is 32.9 Å². The van der Waals surface area contributed by atoms with E-state index in [0.29, 0.717) is 0 Å². The summed E-state index contributed by atoms with van der Waals surface area (Å²) in [6, 6.07) is 1.92. The summed E-state index contributed by atoms with van der Waals surface area (Å²) >= 11 is 4.97. The van der Waals surface area contributed by atoms with Gasteiger partial charge in [-0.1, -0.05) is 0 Å². The lowest BCUT2D eigenvalue weighted by molar-refractivity contribution is 0.670. The Bertz CT molecular complexity index is 369. The molecule has 2 rings (SSSR count). The predicted octanol–water partition coefficient (Wildman–Crippen LogP) is 2.46. The molecule has 0 aliphatic heterocycles. The largest absolute Gasteiger partial charge is 0.266 e. The summed E-state index contributed by atoms with van der Waals surface area (Å²) in [5, 5.41) is 7.37. The molecule has 13 heavy (non-hydrogen) atoms. The van der Waals surface area contributed by atoms with Gasteiger partial charge in [0.25, 0.3) is 0 Å². The maximum atomic E-state index is 4.36. The molecular weight excluding hydrogens is 250 g/mol. The third-order valence-corrected chi connectivity index (χ3v) is 2.84. The molecule has 3 nitrogen and oxygen atoms in total. The minimum Gasteiger partial charge on any atom is -0.266 e. The third-order valence-electron chi connectivity index (χ3n) is 1.60. The zero-order chi connectivity index (χ0) is 9.26. The summed E-state index contributed by atoms with van der Waals surface area (Å²) in [6.07, 6.45) is 1.93. The van der Waals surface area contributed by atoms with Gasteiger partial charge in [0.05, 0.1) is 17.2 Å². The van der Waals surface area contributed by atoms with Crippen molar-refractivity contribution in [1.29, 1.82) is 0 Å². The number of hydrogen-bond acceptors (Lipinski definition) is 3. The molecule has 0 bridgehead atoms. The molecule has 5 heteroatoms. The van der Waals surface area contributed by atoms with E-state index in [1.807, 2.05) is 23.9 Å². The standard InChI is InChI=1S/C8H8BrN3S/c1-6-10-7(5-13-6)4-12-3-2-8(9)11-12/h2-3,5H,4H2,1H3. The molecule has 2 heterocycles. The molecule has 0 N–H and O–H groups in total. The smallest absolute Gasteiger partial charge is 0.128 e. The van der Waals surface area contributed by atoms with Crippen molar-refractivity contribution in [3.63, 3.8) is 0 Å². The van der Waals surface area contributed by atoms with Crippen molar-refractivity contribution < 1.29 is 0 Å². The second-order valence-electron chi connectivity index (χ2n) is 2.69. The number of hydrogen-bond donors (Lipinski definition) is 0. The van der Waals surface area contributed by atoms with Gasteiger partial charge in [-0.15, -0.1) is 11.3 Å². The number of thiazole rings is 1. The number of nitrogens with zero attached hydrogens (tertiary/aromatic N) is 3. The Morgan fingerprint density at radius 2 is 2.46 bits per heavy atom. The van der Waals surface area contributed by atoms with Gasteiger partial charge in [0.1, 0.15) is 4.60 Å². The molecule has 0 saturated heterocycles. The summed E-state index contributed by atoms with van der Waals surface area (Å²) in [6.45, 7) is 2.75. The lowest BCUT2D eigenvalue weighted by Gasteiger charge is -1.95. The fourth-order valence-corrected chi connectivity index (χ4v) is 2.00. The third kappa shape index (κ3) is 2.16. The van der Waals surface area contributed by atoms with Crippen molar-refractivity contribution >= 4 is 27.3 Å². The first kappa shape index (κ1) is 8.90. The fourth-order valence-electron chi connectivity index (χ4n) is 1.07. The van der Waals surface area contributed by atoms with E-state index in [1.54, 1.807) is 11.3 Å². The van der Waals surface area contributed by atoms with E-state index in [1.165, 1.54) is 0 Å². The van der Waals surface area contributed by atoms with Gasteiger partial charge in [-0.25, -0.2) is 4.98 Å². The Morgan fingerprint density at radius 1 is 1.62 bits per heavy atom. The van der Waals surface area contributed by atoms with Crippen LogP contribution in [0, 0.1) is 6.92 Å². The average Bonchev–Trinajstić information content (AvgIpc) is 2.62. The fraction of sp³-hybridized carbons (Fsp3) is 0.250. The SMILES string of the molecule is Cc1nc(Cn2ccc(Br)n2)cs1. The summed E-state index contributed by atoms with van der Waals surface area (Å²) in [5.74, 6) is 0. The van der Waals surface area contributed by atoms with E-state index >= 15 is 0 Å². The first-order valence-electron chi connectivity index (χ1n) is 3.84. The van der Waals surface area contributed by atoms with Gasteiger partial charge >= 0.3 is 0 Å². The van der Waals surface area contributed by atoms with Crippen LogP contribution in [0.3, 0.4) is 0 Å². The molecular formula is C8H8BrN3S. The molecule has 2 aromatic heterocycles. The second-order valence-corrected chi connectivity index (χ2v) is 4.57. The van der Waals surface area contributed by atoms with Crippen molar-refractivity contribution in [3.8, 4) is 0 Å². The van der Waals surface area contributed by atoms with Crippen LogP contribution >= 0.6 is 27.3 Å². The highest BCUT2D eigenvalue weighted by Gasteiger charge is 2.00. The van der Waals surface area contributed by atoms with E-state index in [4.69, 9.17) is 0 Å². The minimum atomic E-state index is 0.746. The van der Waals surface area contributed by atoms with Crippen LogP contribution in [0.25, 0.3) is 0 Å². The normalized spacial score (nSPS) is 10.6. The zero-order valence-electron chi connectivity index (χ0n) is 7.07. The first-order valence-corrected chi connectivity index (χ1v) is 5.51. The molecule has 0 aliphatic carbocycles. The molecule has 0 aromatic carbocycles. The van der Waals surface area contributed by atoms with Crippen LogP contribution in [0.1, 0.15) is 10.7 Å². The lowest BCUT2D eigenvalue weighted by Crippen LogP contribution is -2.00. The molecule has 0 amide bonds. The summed E-state index contributed by atoms with van der Waals surface area (Å²) in [5.41, 5.74) is 1.07. The van der Waals surface area contributed by atoms with E-state index in [9.17, 15) is 0 Å². The molecule has 0 spiro atoms. The number of aryl methyl sites for hydroxylation is 1. The maximum Gasteiger partial charge on any atom is 0.128 e. The maximum absolute atomic E-state index is 4.36. The van der Waals surface area contributed by atoms with Gasteiger partial charge in [-0.3, -0.25) is 4.68 Å². The Hall–Kier alpha value is -0.680. The molecule has 0 aliphatic rings. The Balaban J connectivity index is 2.14. The number of rotatable bonds is 2. The van der Waals surface area contributed by atoms with Crippen molar-refractivity contribution in [2.75, 3.05) is 0 Å². The first-order chi connectivity index (χ1) is 6.24. The van der Waals surface area contributed by atoms with Gasteiger partial charge in [-0.05, 0) is 28.9 Å². The van der Waals surface area contributed by atoms with E-state index in [-0.39, 0.29) is 0 Å². The van der Waals surface area contributed by atoms with Crippen LogP contribution in [0.4, 0.5) is 0 Å². The average molecular weight is 258 g/mol. The molecule has 0 atom stereocenters. The van der Waals surface area contributed by atoms with Crippen LogP contribution in [0.5, 0.6) is 0 Å². The molecule has 0 unspecified atom stereocenters. The minimum absolute atomic E-state index is 0.746. The quantitative estimate of drug-likeness (QED) is 0.828. The van der Waals surface area contributed by atoms with E-state index in [2.05, 4.69) is 31.4 Å². The van der Waals surface area contributed by atoms with Crippen LogP contribution in [0.2, 0.25) is 0 Å². The Labute approximate surface area is 88.6 Å². The van der Waals surface area contributed by atoms with Gasteiger partial charge < -0.3 is 0 Å². The van der Waals surface area contributed by atoms with Crippen molar-refractivity contribution in [1.82, 2.24) is 14.8 Å². The zero-order valence-corrected chi connectivity index (χ0v) is 9.47. The van der Waals surface area contributed by atoms with Crippen LogP contribution in [-0.4, -0.2) is 14.8 Å². The Morgan fingerprint density at radius 3 is 3.00 bits per heavy atom. The molecule has 2 aromatic rings. The summed E-state index contributed by atoms with van der Waals surface area (Å²) in [7, 11) is 0. The highest BCUT2D eigenvalue weighted by Crippen LogP contribution is 2.10. The van der Waals surface area contributed by atoms with E-state index in [0.717, 1.165) is 21.8 Å². The predicted molar refractivity (Wildman–Crippen MR) is 55.9 cm³/mol. The topological polar surface area (TPSA) is 30.7 Å². The van der Waals surface area contributed by atoms with Crippen LogP contribution in [0.15, 0.2) is 22.2 Å². The van der Waals surface area contributed by atoms with Crippen LogP contribution in [-0.2, 0) is 6.54 Å². The van der Waals surface area contributed by atoms with Gasteiger partial charge in [0, 0.05) is 11.6 Å². The van der Waals surface area contributed by atoms with Gasteiger partial charge in [0.15, 0.2) is 0 Å². The highest BCUT2D eigenvalue weighted by molar-refractivity contribution is 9.10. The van der Waals surface area contributed by atoms with Crippen molar-refractivity contribution in [2.24, 2.45) is 0 Å². The number of aromatic nitrogens is 3. The molecule has 0 saturated carbocycles. The lowest BCUT2D eigenvalue weighted by atomic mass is 10.5. The summed E-state index contributed by atoms with van der Waals surface area (Å²) in [4.78, 5) is 4.36. The highest BCUT2D eigenvalue weighted by atomic mass is 79.9. The monoisotopic (exact) mass is 257 g/mol. The van der Waals surface area contributed by atoms with Gasteiger partial charge in [0.2, 0.25) is 0 Å². The molecule has 0 fully saturated rings. The van der Waals surface area contributed by atoms with Crippen LogP contribution < -0.4 is 0 Å². The number of halogens is 1. The Kier molecular flexibility index (Phi) is 2.46. The van der Waals surface area contributed by atoms with Gasteiger partial charge in [-0.2, -0.15) is 5.10 Å².